The summed E-state index contributed by atoms with van der Waals surface area (Å²) in [5.41, 5.74) is 5.87. The number of halogens is 1. The summed E-state index contributed by atoms with van der Waals surface area (Å²) in [5, 5.41) is 0. The van der Waals surface area contributed by atoms with E-state index in [1.54, 1.807) is 0 Å². The van der Waals surface area contributed by atoms with Gasteiger partial charge in [-0.05, 0) is 44.9 Å². The van der Waals surface area contributed by atoms with Gasteiger partial charge in [-0.15, -0.1) is 11.6 Å². The van der Waals surface area contributed by atoms with Crippen LogP contribution in [0.15, 0.2) is 0 Å². The van der Waals surface area contributed by atoms with Crippen LogP contribution in [-0.2, 0) is 14.3 Å². The van der Waals surface area contributed by atoms with Gasteiger partial charge in [-0.1, -0.05) is 12.8 Å². The highest BCUT2D eigenvalue weighted by atomic mass is 35.5. The molecule has 23 heavy (non-hydrogen) atoms. The Morgan fingerprint density at radius 2 is 1.48 bits per heavy atom. The molecule has 1 aliphatic rings. The molecule has 0 unspecified atom stereocenters. The standard InChI is InChI=1S/C18H34ClNO3/c19-11-3-1-2-4-12-22-14-15-23-13-5-6-18(21)16-7-9-17(20)10-8-16/h16-17H,1-15,20H2. The van der Waals surface area contributed by atoms with Crippen LogP contribution >= 0.6 is 11.6 Å². The van der Waals surface area contributed by atoms with Crippen molar-refractivity contribution in [3.05, 3.63) is 0 Å². The second-order valence-corrected chi connectivity index (χ2v) is 6.89. The Hall–Kier alpha value is -0.160. The Kier molecular flexibility index (Phi) is 12.9. The van der Waals surface area contributed by atoms with Crippen molar-refractivity contribution in [3.8, 4) is 0 Å². The van der Waals surface area contributed by atoms with Crippen molar-refractivity contribution in [2.24, 2.45) is 11.7 Å². The molecule has 5 heteroatoms. The topological polar surface area (TPSA) is 61.6 Å². The molecule has 1 aliphatic carbocycles. The van der Waals surface area contributed by atoms with Crippen LogP contribution in [0.25, 0.3) is 0 Å². The molecule has 0 atom stereocenters. The molecular formula is C18H34ClNO3. The summed E-state index contributed by atoms with van der Waals surface area (Å²) in [5.74, 6) is 1.40. The summed E-state index contributed by atoms with van der Waals surface area (Å²) >= 11 is 5.62. The summed E-state index contributed by atoms with van der Waals surface area (Å²) < 4.78 is 11.0. The van der Waals surface area contributed by atoms with E-state index in [0.29, 0.717) is 38.1 Å². The maximum atomic E-state index is 12.1. The molecule has 0 aromatic heterocycles. The van der Waals surface area contributed by atoms with E-state index < -0.39 is 0 Å². The third-order valence-electron chi connectivity index (χ3n) is 4.48. The van der Waals surface area contributed by atoms with Crippen molar-refractivity contribution in [2.75, 3.05) is 32.3 Å². The van der Waals surface area contributed by atoms with E-state index in [9.17, 15) is 4.79 Å². The van der Waals surface area contributed by atoms with Crippen molar-refractivity contribution in [2.45, 2.75) is 70.3 Å². The molecular weight excluding hydrogens is 314 g/mol. The number of rotatable bonds is 14. The zero-order valence-corrected chi connectivity index (χ0v) is 15.2. The van der Waals surface area contributed by atoms with E-state index in [-0.39, 0.29) is 5.92 Å². The predicted octanol–water partition coefficient (Wildman–Crippen LogP) is 3.69. The number of unbranched alkanes of at least 4 members (excludes halogenated alkanes) is 3. The quantitative estimate of drug-likeness (QED) is 0.384. The van der Waals surface area contributed by atoms with E-state index in [4.69, 9.17) is 26.8 Å². The van der Waals surface area contributed by atoms with E-state index in [1.807, 2.05) is 0 Å². The lowest BCUT2D eigenvalue weighted by Crippen LogP contribution is -2.29. The molecule has 0 aliphatic heterocycles. The lowest BCUT2D eigenvalue weighted by atomic mass is 9.83. The van der Waals surface area contributed by atoms with Gasteiger partial charge >= 0.3 is 0 Å². The van der Waals surface area contributed by atoms with Crippen LogP contribution in [0.3, 0.4) is 0 Å². The van der Waals surface area contributed by atoms with Gasteiger partial charge < -0.3 is 15.2 Å². The number of Topliss-reactive ketones (excluding diaryl/α,β-unsaturated/α-hetero) is 1. The highest BCUT2D eigenvalue weighted by Gasteiger charge is 2.23. The summed E-state index contributed by atoms with van der Waals surface area (Å²) in [6.45, 7) is 2.71. The van der Waals surface area contributed by atoms with Gasteiger partial charge in [0, 0.05) is 37.5 Å². The van der Waals surface area contributed by atoms with Crippen molar-refractivity contribution in [1.29, 1.82) is 0 Å². The van der Waals surface area contributed by atoms with Crippen LogP contribution in [0.1, 0.15) is 64.2 Å². The van der Waals surface area contributed by atoms with Crippen molar-refractivity contribution in [1.82, 2.24) is 0 Å². The van der Waals surface area contributed by atoms with Crippen LogP contribution in [0.2, 0.25) is 0 Å². The van der Waals surface area contributed by atoms with Gasteiger partial charge in [0.15, 0.2) is 0 Å². The fourth-order valence-electron chi connectivity index (χ4n) is 2.97. The van der Waals surface area contributed by atoms with E-state index in [0.717, 1.165) is 57.4 Å². The van der Waals surface area contributed by atoms with Crippen molar-refractivity contribution < 1.29 is 14.3 Å². The molecule has 1 rings (SSSR count). The maximum absolute atomic E-state index is 12.1. The first-order valence-corrected chi connectivity index (χ1v) is 9.77. The number of ketones is 1. The number of hydrogen-bond donors (Lipinski definition) is 1. The van der Waals surface area contributed by atoms with Gasteiger partial charge in [0.05, 0.1) is 13.2 Å². The van der Waals surface area contributed by atoms with Gasteiger partial charge in [-0.2, -0.15) is 0 Å². The number of carbonyl (C=O) groups excluding carboxylic acids is 1. The smallest absolute Gasteiger partial charge is 0.136 e. The number of alkyl halides is 1. The first-order chi connectivity index (χ1) is 11.2. The van der Waals surface area contributed by atoms with Crippen molar-refractivity contribution >= 4 is 17.4 Å². The first kappa shape index (κ1) is 20.9. The Bertz CT molecular complexity index is 294. The monoisotopic (exact) mass is 347 g/mol. The number of ether oxygens (including phenoxy) is 2. The minimum atomic E-state index is 0.247. The molecule has 1 saturated carbocycles. The number of hydrogen-bond acceptors (Lipinski definition) is 4. The van der Waals surface area contributed by atoms with Crippen LogP contribution in [0, 0.1) is 5.92 Å². The summed E-state index contributed by atoms with van der Waals surface area (Å²) in [4.78, 5) is 12.1. The molecule has 0 radical (unpaired) electrons. The molecule has 4 nitrogen and oxygen atoms in total. The normalized spacial score (nSPS) is 21.5. The predicted molar refractivity (Wildman–Crippen MR) is 95.0 cm³/mol. The van der Waals surface area contributed by atoms with Gasteiger partial charge in [-0.25, -0.2) is 0 Å². The lowest BCUT2D eigenvalue weighted by molar-refractivity contribution is -0.124. The average molecular weight is 348 g/mol. The zero-order valence-electron chi connectivity index (χ0n) is 14.4. The van der Waals surface area contributed by atoms with E-state index in [2.05, 4.69) is 0 Å². The molecule has 0 spiro atoms. The second kappa shape index (κ2) is 14.2. The molecule has 0 aromatic rings. The third kappa shape index (κ3) is 11.1. The molecule has 0 heterocycles. The SMILES string of the molecule is NC1CCC(C(=O)CCCOCCOCCCCCCCl)CC1. The fraction of sp³-hybridized carbons (Fsp3) is 0.944. The molecule has 136 valence electrons. The molecule has 0 amide bonds. The van der Waals surface area contributed by atoms with Gasteiger partial charge in [0.25, 0.3) is 0 Å². The molecule has 0 saturated heterocycles. The summed E-state index contributed by atoms with van der Waals surface area (Å²) in [6, 6.07) is 0.308. The minimum absolute atomic E-state index is 0.247. The average Bonchev–Trinajstić information content (AvgIpc) is 2.56. The first-order valence-electron chi connectivity index (χ1n) is 9.23. The second-order valence-electron chi connectivity index (χ2n) is 6.51. The van der Waals surface area contributed by atoms with Gasteiger partial charge in [0.2, 0.25) is 0 Å². The highest BCUT2D eigenvalue weighted by Crippen LogP contribution is 2.25. The molecule has 0 aromatic carbocycles. The molecule has 1 fully saturated rings. The number of nitrogens with two attached hydrogens (primary N) is 1. The van der Waals surface area contributed by atoms with Gasteiger partial charge in [0.1, 0.15) is 5.78 Å². The Morgan fingerprint density at radius 1 is 0.870 bits per heavy atom. The number of carbonyl (C=O) groups is 1. The Balaban J connectivity index is 1.81. The van der Waals surface area contributed by atoms with E-state index in [1.165, 1.54) is 12.8 Å². The third-order valence-corrected chi connectivity index (χ3v) is 4.75. The minimum Gasteiger partial charge on any atom is -0.379 e. The van der Waals surface area contributed by atoms with Crippen molar-refractivity contribution in [3.63, 3.8) is 0 Å². The summed E-state index contributed by atoms with van der Waals surface area (Å²) in [6.07, 6.45) is 9.95. The largest absolute Gasteiger partial charge is 0.379 e. The Labute approximate surface area is 146 Å². The van der Waals surface area contributed by atoms with Crippen LogP contribution in [0.4, 0.5) is 0 Å². The lowest BCUT2D eigenvalue weighted by Gasteiger charge is -2.24. The molecule has 2 N–H and O–H groups in total. The van der Waals surface area contributed by atoms with Crippen LogP contribution in [0.5, 0.6) is 0 Å². The van der Waals surface area contributed by atoms with Gasteiger partial charge in [-0.3, -0.25) is 4.79 Å². The Morgan fingerprint density at radius 3 is 2.13 bits per heavy atom. The van der Waals surface area contributed by atoms with Crippen LogP contribution < -0.4 is 5.73 Å². The molecule has 0 bridgehead atoms. The highest BCUT2D eigenvalue weighted by molar-refractivity contribution is 6.17. The van der Waals surface area contributed by atoms with Crippen LogP contribution in [-0.4, -0.2) is 44.1 Å². The summed E-state index contributed by atoms with van der Waals surface area (Å²) in [7, 11) is 0. The fourth-order valence-corrected chi connectivity index (χ4v) is 3.16. The zero-order chi connectivity index (χ0) is 16.8. The van der Waals surface area contributed by atoms with E-state index >= 15 is 0 Å². The maximum Gasteiger partial charge on any atom is 0.136 e.